The molecular formula is C16H14N2O. The average molecular weight is 250 g/mol. The van der Waals surface area contributed by atoms with Gasteiger partial charge in [0, 0.05) is 5.56 Å². The summed E-state index contributed by atoms with van der Waals surface area (Å²) < 4.78 is 5.31. The normalized spacial score (nSPS) is 11.2. The second kappa shape index (κ2) is 4.98. The maximum atomic E-state index is 5.31. The molecule has 0 bridgehead atoms. The molecule has 0 aliphatic heterocycles. The highest BCUT2D eigenvalue weighted by Gasteiger charge is 2.00. The molecule has 0 unspecified atom stereocenters. The number of fused-ring (bicyclic) bond motifs is 1. The van der Waals surface area contributed by atoms with Gasteiger partial charge in [-0.05, 0) is 30.4 Å². The molecule has 0 aliphatic rings. The number of aromatic nitrogens is 2. The van der Waals surface area contributed by atoms with E-state index in [0.717, 1.165) is 28.2 Å². The smallest absolute Gasteiger partial charge is 0.131 e. The lowest BCUT2D eigenvalue weighted by molar-refractivity contribution is 0.414. The van der Waals surface area contributed by atoms with Crippen molar-refractivity contribution in [3.63, 3.8) is 0 Å². The number of ether oxygens (including phenoxy) is 1. The van der Waals surface area contributed by atoms with E-state index in [0.29, 0.717) is 0 Å². The third-order valence-corrected chi connectivity index (χ3v) is 2.97. The molecule has 1 aromatic heterocycles. The lowest BCUT2D eigenvalue weighted by Gasteiger charge is -2.02. The Morgan fingerprint density at radius 2 is 1.79 bits per heavy atom. The second-order valence-electron chi connectivity index (χ2n) is 4.21. The van der Waals surface area contributed by atoms with E-state index in [-0.39, 0.29) is 0 Å². The van der Waals surface area contributed by atoms with Crippen molar-refractivity contribution in [2.45, 2.75) is 0 Å². The maximum Gasteiger partial charge on any atom is 0.131 e. The van der Waals surface area contributed by atoms with Gasteiger partial charge in [0.05, 0.1) is 18.1 Å². The predicted molar refractivity (Wildman–Crippen MR) is 78.0 cm³/mol. The van der Waals surface area contributed by atoms with E-state index in [1.54, 1.807) is 7.11 Å². The van der Waals surface area contributed by atoms with Crippen LogP contribution in [0.2, 0.25) is 0 Å². The molecular weight excluding hydrogens is 236 g/mol. The van der Waals surface area contributed by atoms with Gasteiger partial charge < -0.3 is 9.72 Å². The Hall–Kier alpha value is -2.55. The largest absolute Gasteiger partial charge is 0.496 e. The standard InChI is InChI=1S/C16H14N2O/c1-19-15-9-5-2-6-12(15)10-11-16-17-13-7-3-4-8-14(13)18-16/h2-11H,1H3,(H,17,18)/b11-10+. The molecule has 94 valence electrons. The highest BCUT2D eigenvalue weighted by atomic mass is 16.5. The number of benzene rings is 2. The minimum Gasteiger partial charge on any atom is -0.496 e. The first-order chi connectivity index (χ1) is 9.36. The summed E-state index contributed by atoms with van der Waals surface area (Å²) in [6, 6.07) is 15.9. The zero-order valence-electron chi connectivity index (χ0n) is 10.6. The Bertz CT molecular complexity index is 695. The highest BCUT2D eigenvalue weighted by molar-refractivity contribution is 5.79. The van der Waals surface area contributed by atoms with Crippen LogP contribution in [0.25, 0.3) is 23.2 Å². The van der Waals surface area contributed by atoms with Crippen LogP contribution in [0.3, 0.4) is 0 Å². The summed E-state index contributed by atoms with van der Waals surface area (Å²) >= 11 is 0. The van der Waals surface area contributed by atoms with E-state index in [4.69, 9.17) is 4.74 Å². The van der Waals surface area contributed by atoms with E-state index in [1.165, 1.54) is 0 Å². The number of methoxy groups -OCH3 is 1. The summed E-state index contributed by atoms with van der Waals surface area (Å²) in [5.41, 5.74) is 3.05. The van der Waals surface area contributed by atoms with E-state index >= 15 is 0 Å². The minimum atomic E-state index is 0.840. The summed E-state index contributed by atoms with van der Waals surface area (Å²) in [6.45, 7) is 0. The van der Waals surface area contributed by atoms with Gasteiger partial charge in [0.15, 0.2) is 0 Å². The first kappa shape index (κ1) is 11.5. The quantitative estimate of drug-likeness (QED) is 0.769. The number of nitrogens with one attached hydrogen (secondary N) is 1. The molecule has 0 saturated heterocycles. The highest BCUT2D eigenvalue weighted by Crippen LogP contribution is 2.20. The third kappa shape index (κ3) is 2.36. The van der Waals surface area contributed by atoms with Crippen molar-refractivity contribution in [3.8, 4) is 5.75 Å². The zero-order valence-corrected chi connectivity index (χ0v) is 10.6. The molecule has 3 rings (SSSR count). The Labute approximate surface area is 111 Å². The lowest BCUT2D eigenvalue weighted by Crippen LogP contribution is -1.85. The number of nitrogens with zero attached hydrogens (tertiary/aromatic N) is 1. The first-order valence-electron chi connectivity index (χ1n) is 6.12. The fourth-order valence-corrected chi connectivity index (χ4v) is 2.02. The van der Waals surface area contributed by atoms with Gasteiger partial charge in [-0.15, -0.1) is 0 Å². The van der Waals surface area contributed by atoms with Crippen LogP contribution in [0.15, 0.2) is 48.5 Å². The van der Waals surface area contributed by atoms with Crippen molar-refractivity contribution in [1.82, 2.24) is 9.97 Å². The number of H-pyrrole nitrogens is 1. The molecule has 0 fully saturated rings. The summed E-state index contributed by atoms with van der Waals surface area (Å²) in [4.78, 5) is 7.76. The van der Waals surface area contributed by atoms with Crippen LogP contribution >= 0.6 is 0 Å². The molecule has 2 aromatic carbocycles. The van der Waals surface area contributed by atoms with Crippen LogP contribution in [-0.2, 0) is 0 Å². The van der Waals surface area contributed by atoms with E-state index in [9.17, 15) is 0 Å². The minimum absolute atomic E-state index is 0.840. The van der Waals surface area contributed by atoms with Crippen LogP contribution in [-0.4, -0.2) is 17.1 Å². The van der Waals surface area contributed by atoms with Gasteiger partial charge in [0.2, 0.25) is 0 Å². The van der Waals surface area contributed by atoms with Gasteiger partial charge in [-0.25, -0.2) is 4.98 Å². The van der Waals surface area contributed by atoms with Crippen molar-refractivity contribution in [2.24, 2.45) is 0 Å². The molecule has 0 aliphatic carbocycles. The van der Waals surface area contributed by atoms with E-state index in [2.05, 4.69) is 9.97 Å². The number of hydrogen-bond donors (Lipinski definition) is 1. The summed E-state index contributed by atoms with van der Waals surface area (Å²) in [7, 11) is 1.67. The van der Waals surface area contributed by atoms with Crippen molar-refractivity contribution in [1.29, 1.82) is 0 Å². The molecule has 1 N–H and O–H groups in total. The SMILES string of the molecule is COc1ccccc1/C=C/c1nc2ccccc2[nH]1. The molecule has 3 nitrogen and oxygen atoms in total. The predicted octanol–water partition coefficient (Wildman–Crippen LogP) is 3.74. The van der Waals surface area contributed by atoms with Gasteiger partial charge in [-0.3, -0.25) is 0 Å². The van der Waals surface area contributed by atoms with Crippen LogP contribution in [0, 0.1) is 0 Å². The van der Waals surface area contributed by atoms with Gasteiger partial charge in [-0.1, -0.05) is 30.3 Å². The van der Waals surface area contributed by atoms with Crippen LogP contribution < -0.4 is 4.74 Å². The van der Waals surface area contributed by atoms with Crippen LogP contribution in [0.4, 0.5) is 0 Å². The number of hydrogen-bond acceptors (Lipinski definition) is 2. The van der Waals surface area contributed by atoms with E-state index < -0.39 is 0 Å². The van der Waals surface area contributed by atoms with Gasteiger partial charge >= 0.3 is 0 Å². The van der Waals surface area contributed by atoms with Gasteiger partial charge in [0.1, 0.15) is 11.6 Å². The maximum absolute atomic E-state index is 5.31. The van der Waals surface area contributed by atoms with Crippen LogP contribution in [0.1, 0.15) is 11.4 Å². The van der Waals surface area contributed by atoms with Crippen molar-refractivity contribution >= 4 is 23.2 Å². The molecule has 3 aromatic rings. The van der Waals surface area contributed by atoms with Crippen molar-refractivity contribution in [2.75, 3.05) is 7.11 Å². The molecule has 3 heteroatoms. The molecule has 19 heavy (non-hydrogen) atoms. The Balaban J connectivity index is 1.93. The van der Waals surface area contributed by atoms with Crippen molar-refractivity contribution in [3.05, 3.63) is 59.9 Å². The zero-order chi connectivity index (χ0) is 13.1. The Morgan fingerprint density at radius 1 is 1.00 bits per heavy atom. The third-order valence-electron chi connectivity index (χ3n) is 2.97. The lowest BCUT2D eigenvalue weighted by atomic mass is 10.2. The molecule has 0 amide bonds. The number of para-hydroxylation sites is 3. The fraction of sp³-hybridized carbons (Fsp3) is 0.0625. The summed E-state index contributed by atoms with van der Waals surface area (Å²) in [5.74, 6) is 1.70. The van der Waals surface area contributed by atoms with Gasteiger partial charge in [0.25, 0.3) is 0 Å². The fourth-order valence-electron chi connectivity index (χ4n) is 2.02. The van der Waals surface area contributed by atoms with Crippen LogP contribution in [0.5, 0.6) is 5.75 Å². The summed E-state index contributed by atoms with van der Waals surface area (Å²) in [6.07, 6.45) is 3.95. The molecule has 0 saturated carbocycles. The number of rotatable bonds is 3. The molecule has 1 heterocycles. The number of imidazole rings is 1. The van der Waals surface area contributed by atoms with Gasteiger partial charge in [-0.2, -0.15) is 0 Å². The molecule has 0 radical (unpaired) electrons. The Kier molecular flexibility index (Phi) is 3.02. The molecule has 0 spiro atoms. The summed E-state index contributed by atoms with van der Waals surface area (Å²) in [5, 5.41) is 0. The Morgan fingerprint density at radius 3 is 2.63 bits per heavy atom. The number of aromatic amines is 1. The topological polar surface area (TPSA) is 37.9 Å². The average Bonchev–Trinajstić information content (AvgIpc) is 2.88. The molecule has 0 atom stereocenters. The van der Waals surface area contributed by atoms with Crippen molar-refractivity contribution < 1.29 is 4.74 Å². The monoisotopic (exact) mass is 250 g/mol. The first-order valence-corrected chi connectivity index (χ1v) is 6.12. The van der Waals surface area contributed by atoms with E-state index in [1.807, 2.05) is 60.7 Å². The second-order valence-corrected chi connectivity index (χ2v) is 4.21.